The van der Waals surface area contributed by atoms with Crippen LogP contribution in [0.4, 0.5) is 20.5 Å². The largest absolute Gasteiger partial charge is 0.388 e. The number of hydrogen-bond donors (Lipinski definition) is 3. The first kappa shape index (κ1) is 25.9. The summed E-state index contributed by atoms with van der Waals surface area (Å²) in [4.78, 5) is 11.2. The van der Waals surface area contributed by atoms with Gasteiger partial charge in [0, 0.05) is 43.5 Å². The Morgan fingerprint density at radius 1 is 1.31 bits per heavy atom. The number of anilines is 2. The van der Waals surface area contributed by atoms with Crippen LogP contribution in [0.3, 0.4) is 0 Å². The minimum Gasteiger partial charge on any atom is -0.388 e. The predicted octanol–water partition coefficient (Wildman–Crippen LogP) is 2.88. The molecule has 12 heteroatoms. The molecule has 3 N–H and O–H groups in total. The Kier molecular flexibility index (Phi) is 6.95. The lowest BCUT2D eigenvalue weighted by molar-refractivity contribution is 0.0276. The molecule has 2 atom stereocenters. The molecule has 1 saturated heterocycles. The van der Waals surface area contributed by atoms with Crippen molar-refractivity contribution >= 4 is 28.1 Å². The molecule has 0 radical (unpaired) electrons. The lowest BCUT2D eigenvalue weighted by Crippen LogP contribution is -2.49. The third kappa shape index (κ3) is 5.65. The Bertz CT molecular complexity index is 1110. The molecule has 2 aliphatic heterocycles. The van der Waals surface area contributed by atoms with Gasteiger partial charge in [0.05, 0.1) is 18.2 Å². The van der Waals surface area contributed by atoms with Crippen LogP contribution in [-0.2, 0) is 10.2 Å². The second kappa shape index (κ2) is 9.38. The smallest absolute Gasteiger partial charge is 0.279 e. The molecule has 3 heterocycles. The normalized spacial score (nSPS) is 26.6. The summed E-state index contributed by atoms with van der Waals surface area (Å²) in [5, 5.41) is 14.3. The summed E-state index contributed by atoms with van der Waals surface area (Å²) in [6.07, 6.45) is 7.15. The average Bonchev–Trinajstić information content (AvgIpc) is 3.12. The van der Waals surface area contributed by atoms with Gasteiger partial charge in [0.1, 0.15) is 5.82 Å². The summed E-state index contributed by atoms with van der Waals surface area (Å²) >= 11 is 0. The molecule has 1 saturated carbocycles. The van der Waals surface area contributed by atoms with Crippen LogP contribution < -0.4 is 14.9 Å². The monoisotopic (exact) mass is 512 g/mol. The molecule has 0 spiro atoms. The van der Waals surface area contributed by atoms with Gasteiger partial charge in [-0.1, -0.05) is 6.58 Å². The molecule has 2 fully saturated rings. The van der Waals surface area contributed by atoms with Gasteiger partial charge >= 0.3 is 0 Å². The van der Waals surface area contributed by atoms with Crippen molar-refractivity contribution in [3.05, 3.63) is 29.6 Å². The highest BCUT2D eigenvalue weighted by atomic mass is 32.2. The maximum atomic E-state index is 13.1. The van der Waals surface area contributed by atoms with Crippen LogP contribution in [0.1, 0.15) is 58.4 Å². The van der Waals surface area contributed by atoms with Crippen molar-refractivity contribution in [1.29, 1.82) is 0 Å². The minimum atomic E-state index is -3.97. The Balaban J connectivity index is 1.45. The van der Waals surface area contributed by atoms with Gasteiger partial charge in [-0.2, -0.15) is 22.4 Å². The van der Waals surface area contributed by atoms with Crippen LogP contribution in [0.15, 0.2) is 24.0 Å². The first-order valence-corrected chi connectivity index (χ1v) is 13.4. The standard InChI is InChI=1S/C23H34F2N6O3S/c1-15-12-17-13-26-21(29-20(17)31(16(15)2)19-6-5-9-22(19,3)32)28-18-7-10-30(11-8-18)35(33,34)27-14-23(4,24)25/h12-13,18-19,27,32H,2,5-11,14H2,1,3-4H3,(H,26,28,29)/t19-,22-/m0/s1. The molecule has 0 bridgehead atoms. The van der Waals surface area contributed by atoms with Crippen molar-refractivity contribution in [3.63, 3.8) is 0 Å². The number of aliphatic hydroxyl groups is 1. The van der Waals surface area contributed by atoms with Gasteiger partial charge in [0.2, 0.25) is 5.95 Å². The van der Waals surface area contributed by atoms with Crippen molar-refractivity contribution in [2.75, 3.05) is 29.9 Å². The van der Waals surface area contributed by atoms with Crippen LogP contribution in [-0.4, -0.2) is 71.0 Å². The first-order chi connectivity index (χ1) is 16.3. The highest BCUT2D eigenvalue weighted by Crippen LogP contribution is 2.42. The quantitative estimate of drug-likeness (QED) is 0.515. The van der Waals surface area contributed by atoms with Crippen molar-refractivity contribution in [2.45, 2.75) is 76.5 Å². The van der Waals surface area contributed by atoms with Gasteiger partial charge in [0.15, 0.2) is 0 Å². The number of nitrogens with zero attached hydrogens (tertiary/aromatic N) is 4. The van der Waals surface area contributed by atoms with Crippen molar-refractivity contribution in [3.8, 4) is 0 Å². The van der Waals surface area contributed by atoms with Crippen LogP contribution in [0.2, 0.25) is 0 Å². The van der Waals surface area contributed by atoms with E-state index < -0.39 is 28.3 Å². The molecule has 1 aromatic rings. The van der Waals surface area contributed by atoms with Crippen molar-refractivity contribution in [2.24, 2.45) is 0 Å². The zero-order chi connectivity index (χ0) is 25.6. The van der Waals surface area contributed by atoms with E-state index in [9.17, 15) is 22.3 Å². The SMILES string of the molecule is C=C1C(C)=Cc2cnc(NC3CCN(S(=O)(=O)NCC(C)(F)F)CC3)nc2N1[C@H]1CCC[C@]1(C)O. The number of halogens is 2. The van der Waals surface area contributed by atoms with E-state index in [0.29, 0.717) is 38.0 Å². The van der Waals surface area contributed by atoms with E-state index in [-0.39, 0.29) is 25.2 Å². The molecule has 194 valence electrons. The number of allylic oxidation sites excluding steroid dienone is 1. The van der Waals surface area contributed by atoms with E-state index >= 15 is 0 Å². The van der Waals surface area contributed by atoms with E-state index in [1.54, 1.807) is 6.20 Å². The van der Waals surface area contributed by atoms with Gasteiger partial charge in [-0.3, -0.25) is 0 Å². The summed E-state index contributed by atoms with van der Waals surface area (Å²) in [7, 11) is -3.97. The van der Waals surface area contributed by atoms with Crippen LogP contribution in [0.5, 0.6) is 0 Å². The van der Waals surface area contributed by atoms with Gasteiger partial charge in [-0.05, 0) is 57.6 Å². The predicted molar refractivity (Wildman–Crippen MR) is 131 cm³/mol. The molecule has 35 heavy (non-hydrogen) atoms. The minimum absolute atomic E-state index is 0.0702. The van der Waals surface area contributed by atoms with E-state index in [2.05, 4.69) is 16.9 Å². The lowest BCUT2D eigenvalue weighted by atomic mass is 9.95. The Morgan fingerprint density at radius 2 is 2.00 bits per heavy atom. The lowest BCUT2D eigenvalue weighted by Gasteiger charge is -2.41. The zero-order valence-electron chi connectivity index (χ0n) is 20.4. The summed E-state index contributed by atoms with van der Waals surface area (Å²) in [6.45, 7) is 8.21. The summed E-state index contributed by atoms with van der Waals surface area (Å²) < 4.78 is 53.9. The maximum Gasteiger partial charge on any atom is 0.279 e. The summed E-state index contributed by atoms with van der Waals surface area (Å²) in [5.74, 6) is -2.01. The van der Waals surface area contributed by atoms with Gasteiger partial charge in [-0.15, -0.1) is 0 Å². The fourth-order valence-electron chi connectivity index (χ4n) is 4.99. The molecular formula is C23H34F2N6O3S. The number of alkyl halides is 2. The number of aromatic nitrogens is 2. The molecule has 1 aromatic heterocycles. The molecular weight excluding hydrogens is 478 g/mol. The first-order valence-electron chi connectivity index (χ1n) is 11.9. The Labute approximate surface area is 205 Å². The fraction of sp³-hybridized carbons (Fsp3) is 0.652. The maximum absolute atomic E-state index is 13.1. The fourth-order valence-corrected chi connectivity index (χ4v) is 6.30. The molecule has 4 rings (SSSR count). The second-order valence-corrected chi connectivity index (χ2v) is 11.9. The number of rotatable bonds is 7. The number of fused-ring (bicyclic) bond motifs is 1. The molecule has 0 amide bonds. The third-order valence-corrected chi connectivity index (χ3v) is 8.58. The Morgan fingerprint density at radius 3 is 2.60 bits per heavy atom. The zero-order valence-corrected chi connectivity index (χ0v) is 21.2. The second-order valence-electron chi connectivity index (χ2n) is 10.1. The molecule has 1 aliphatic carbocycles. The number of nitrogens with one attached hydrogen (secondary N) is 2. The third-order valence-electron chi connectivity index (χ3n) is 7.02. The highest BCUT2D eigenvalue weighted by Gasteiger charge is 2.43. The summed E-state index contributed by atoms with van der Waals surface area (Å²) in [6, 6.07) is -0.212. The van der Waals surface area contributed by atoms with E-state index in [1.165, 1.54) is 4.31 Å². The topological polar surface area (TPSA) is 111 Å². The molecule has 9 nitrogen and oxygen atoms in total. The van der Waals surface area contributed by atoms with Crippen molar-refractivity contribution in [1.82, 2.24) is 19.0 Å². The van der Waals surface area contributed by atoms with Crippen LogP contribution in [0.25, 0.3) is 6.08 Å². The van der Waals surface area contributed by atoms with Crippen molar-refractivity contribution < 1.29 is 22.3 Å². The van der Waals surface area contributed by atoms with E-state index in [0.717, 1.165) is 29.7 Å². The number of piperidine rings is 1. The molecule has 0 aromatic carbocycles. The van der Waals surface area contributed by atoms with Gasteiger partial charge in [-0.25, -0.2) is 13.8 Å². The van der Waals surface area contributed by atoms with Crippen LogP contribution >= 0.6 is 0 Å². The number of hydrogen-bond acceptors (Lipinski definition) is 7. The Hall–Kier alpha value is -2.15. The van der Waals surface area contributed by atoms with Crippen LogP contribution in [0, 0.1) is 0 Å². The van der Waals surface area contributed by atoms with E-state index in [1.807, 2.05) is 29.5 Å². The van der Waals surface area contributed by atoms with E-state index in [4.69, 9.17) is 4.98 Å². The summed E-state index contributed by atoms with van der Waals surface area (Å²) in [5.41, 5.74) is 1.79. The molecule has 0 unspecified atom stereocenters. The average molecular weight is 513 g/mol. The molecule has 3 aliphatic rings. The van der Waals surface area contributed by atoms with Gasteiger partial charge in [0.25, 0.3) is 16.1 Å². The highest BCUT2D eigenvalue weighted by molar-refractivity contribution is 7.87. The van der Waals surface area contributed by atoms with Gasteiger partial charge < -0.3 is 15.3 Å².